The normalized spacial score (nSPS) is 12.4. The van der Waals surface area contributed by atoms with Gasteiger partial charge in [0.1, 0.15) is 18.8 Å². The minimum atomic E-state index is -2.34. The van der Waals surface area contributed by atoms with Gasteiger partial charge in [0.25, 0.3) is 5.91 Å². The van der Waals surface area contributed by atoms with Gasteiger partial charge >= 0.3 is 0 Å². The van der Waals surface area contributed by atoms with Crippen molar-refractivity contribution in [3.8, 4) is 34.0 Å². The molecule has 0 bridgehead atoms. The van der Waals surface area contributed by atoms with E-state index >= 15 is 0 Å². The third-order valence-electron chi connectivity index (χ3n) is 5.44. The lowest BCUT2D eigenvalue weighted by atomic mass is 10.1. The summed E-state index contributed by atoms with van der Waals surface area (Å²) in [4.78, 5) is 17.0. The van der Waals surface area contributed by atoms with Crippen molar-refractivity contribution in [2.45, 2.75) is 0 Å². The molecule has 2 heterocycles. The van der Waals surface area contributed by atoms with Crippen LogP contribution in [-0.4, -0.2) is 24.1 Å². The highest BCUT2D eigenvalue weighted by Crippen LogP contribution is 2.34. The van der Waals surface area contributed by atoms with Gasteiger partial charge in [0.05, 0.1) is 11.4 Å². The van der Waals surface area contributed by atoms with E-state index in [4.69, 9.17) is 9.47 Å². The maximum Gasteiger partial charge on any atom is 0.261 e. The third kappa shape index (κ3) is 4.21. The van der Waals surface area contributed by atoms with E-state index < -0.39 is 40.6 Å². The van der Waals surface area contributed by atoms with E-state index in [0.717, 1.165) is 5.56 Å². The van der Waals surface area contributed by atoms with E-state index in [1.54, 1.807) is 42.5 Å². The molecule has 5 nitrogen and oxygen atoms in total. The number of benzene rings is 3. The highest BCUT2D eigenvalue weighted by atomic mass is 19.2. The monoisotopic (exact) mass is 498 g/mol. The van der Waals surface area contributed by atoms with Gasteiger partial charge in [0.15, 0.2) is 34.8 Å². The number of nitrogens with zero attached hydrogens (tertiary/aromatic N) is 1. The van der Waals surface area contributed by atoms with E-state index in [-0.39, 0.29) is 5.69 Å². The Labute approximate surface area is 201 Å². The lowest BCUT2D eigenvalue weighted by Crippen LogP contribution is -2.19. The number of amides is 1. The number of carbonyl (C=O) groups excluding carboxylic acids is 1. The van der Waals surface area contributed by atoms with Gasteiger partial charge in [-0.3, -0.25) is 4.79 Å². The number of anilines is 1. The average molecular weight is 498 g/mol. The lowest BCUT2D eigenvalue weighted by molar-refractivity contribution is 0.101. The maximum atomic E-state index is 14.0. The number of ether oxygens (including phenoxy) is 2. The van der Waals surface area contributed by atoms with Gasteiger partial charge in [0.2, 0.25) is 5.82 Å². The van der Waals surface area contributed by atoms with Crippen LogP contribution in [-0.2, 0) is 0 Å². The van der Waals surface area contributed by atoms with Gasteiger partial charge in [0, 0.05) is 16.8 Å². The first-order valence-electron chi connectivity index (χ1n) is 10.6. The standard InChI is InChI=1S/C26H15F5N2O3/c27-21-20(22(28)24(30)25(31)23(21)29)26(34)32-15-4-1-3-13(11-15)16-5-2-6-17(33-16)14-7-8-18-19(12-14)36-10-9-35-18/h1-8,11-12H,9-10H2,(H,32,34). The quantitative estimate of drug-likeness (QED) is 0.209. The summed E-state index contributed by atoms with van der Waals surface area (Å²) in [5.41, 5.74) is 0.931. The minimum Gasteiger partial charge on any atom is -0.486 e. The molecule has 0 unspecified atom stereocenters. The molecule has 0 saturated heterocycles. The molecule has 3 aromatic carbocycles. The van der Waals surface area contributed by atoms with E-state index in [1.807, 2.05) is 6.07 Å². The molecule has 1 N–H and O–H groups in total. The summed E-state index contributed by atoms with van der Waals surface area (Å²) >= 11 is 0. The number of hydrogen-bond donors (Lipinski definition) is 1. The Bertz CT molecular complexity index is 1480. The van der Waals surface area contributed by atoms with E-state index in [1.165, 1.54) is 12.1 Å². The molecule has 1 aliphatic rings. The highest BCUT2D eigenvalue weighted by Gasteiger charge is 2.29. The molecule has 0 saturated carbocycles. The average Bonchev–Trinajstić information content (AvgIpc) is 2.91. The van der Waals surface area contributed by atoms with Crippen molar-refractivity contribution in [2.24, 2.45) is 0 Å². The predicted octanol–water partition coefficient (Wildman–Crippen LogP) is 6.13. The number of pyridine rings is 1. The van der Waals surface area contributed by atoms with Crippen LogP contribution in [0.3, 0.4) is 0 Å². The molecule has 5 rings (SSSR count). The fourth-order valence-corrected chi connectivity index (χ4v) is 3.71. The SMILES string of the molecule is O=C(Nc1cccc(-c2cccc(-c3ccc4c(c3)OCCO4)n2)c1)c1c(F)c(F)c(F)c(F)c1F. The van der Waals surface area contributed by atoms with Gasteiger partial charge in [-0.05, 0) is 42.5 Å². The zero-order valence-electron chi connectivity index (χ0n) is 18.2. The largest absolute Gasteiger partial charge is 0.486 e. The molecule has 0 aliphatic carbocycles. The fourth-order valence-electron chi connectivity index (χ4n) is 3.71. The van der Waals surface area contributed by atoms with E-state index in [2.05, 4.69) is 10.3 Å². The molecule has 0 atom stereocenters. The van der Waals surface area contributed by atoms with Crippen LogP contribution < -0.4 is 14.8 Å². The second kappa shape index (κ2) is 9.29. The maximum absolute atomic E-state index is 14.0. The van der Waals surface area contributed by atoms with Crippen LogP contribution in [0.25, 0.3) is 22.5 Å². The summed E-state index contributed by atoms with van der Waals surface area (Å²) < 4.78 is 79.4. The first kappa shape index (κ1) is 23.3. The number of aromatic nitrogens is 1. The lowest BCUT2D eigenvalue weighted by Gasteiger charge is -2.18. The second-order valence-corrected chi connectivity index (χ2v) is 7.75. The summed E-state index contributed by atoms with van der Waals surface area (Å²) in [5.74, 6) is -11.4. The Hall–Kier alpha value is -4.47. The Morgan fingerprint density at radius 2 is 1.28 bits per heavy atom. The summed E-state index contributed by atoms with van der Waals surface area (Å²) in [7, 11) is 0. The summed E-state index contributed by atoms with van der Waals surface area (Å²) in [6.07, 6.45) is 0. The van der Waals surface area contributed by atoms with Crippen molar-refractivity contribution in [3.63, 3.8) is 0 Å². The first-order chi connectivity index (χ1) is 17.3. The highest BCUT2D eigenvalue weighted by molar-refractivity contribution is 6.05. The molecule has 10 heteroatoms. The van der Waals surface area contributed by atoms with Crippen molar-refractivity contribution < 1.29 is 36.2 Å². The van der Waals surface area contributed by atoms with Crippen LogP contribution in [0.5, 0.6) is 11.5 Å². The molecular weight excluding hydrogens is 483 g/mol. The van der Waals surface area contributed by atoms with Crippen LogP contribution >= 0.6 is 0 Å². The number of nitrogens with one attached hydrogen (secondary N) is 1. The van der Waals surface area contributed by atoms with E-state index in [0.29, 0.717) is 41.7 Å². The van der Waals surface area contributed by atoms with Crippen LogP contribution in [0, 0.1) is 29.1 Å². The number of hydrogen-bond acceptors (Lipinski definition) is 4. The van der Waals surface area contributed by atoms with Crippen LogP contribution in [0.4, 0.5) is 27.6 Å². The zero-order valence-corrected chi connectivity index (χ0v) is 18.2. The minimum absolute atomic E-state index is 0.0629. The fraction of sp³-hybridized carbons (Fsp3) is 0.0769. The Balaban J connectivity index is 1.43. The molecule has 182 valence electrons. The van der Waals surface area contributed by atoms with Crippen molar-refractivity contribution in [2.75, 3.05) is 18.5 Å². The number of fused-ring (bicyclic) bond motifs is 1. The van der Waals surface area contributed by atoms with Gasteiger partial charge in [-0.15, -0.1) is 0 Å². The number of rotatable bonds is 4. The molecule has 1 aromatic heterocycles. The Morgan fingerprint density at radius 1 is 0.694 bits per heavy atom. The molecule has 1 amide bonds. The number of carbonyl (C=O) groups is 1. The molecule has 36 heavy (non-hydrogen) atoms. The Kier molecular flexibility index (Phi) is 6.01. The van der Waals surface area contributed by atoms with E-state index in [9.17, 15) is 26.7 Å². The van der Waals surface area contributed by atoms with Gasteiger partial charge in [-0.2, -0.15) is 0 Å². The second-order valence-electron chi connectivity index (χ2n) is 7.75. The molecule has 4 aromatic rings. The molecular formula is C26H15F5N2O3. The van der Waals surface area contributed by atoms with Crippen molar-refractivity contribution in [3.05, 3.63) is 95.3 Å². The van der Waals surface area contributed by atoms with Gasteiger partial charge in [-0.25, -0.2) is 26.9 Å². The zero-order chi connectivity index (χ0) is 25.4. The van der Waals surface area contributed by atoms with Crippen LogP contribution in [0.15, 0.2) is 60.7 Å². The number of halogens is 5. The predicted molar refractivity (Wildman–Crippen MR) is 120 cm³/mol. The molecule has 0 fully saturated rings. The van der Waals surface area contributed by atoms with Crippen molar-refractivity contribution in [1.29, 1.82) is 0 Å². The van der Waals surface area contributed by atoms with Crippen LogP contribution in [0.1, 0.15) is 10.4 Å². The van der Waals surface area contributed by atoms with Crippen molar-refractivity contribution in [1.82, 2.24) is 4.98 Å². The van der Waals surface area contributed by atoms with Gasteiger partial charge < -0.3 is 14.8 Å². The first-order valence-corrected chi connectivity index (χ1v) is 10.6. The summed E-state index contributed by atoms with van der Waals surface area (Å²) in [6, 6.07) is 16.8. The summed E-state index contributed by atoms with van der Waals surface area (Å²) in [6.45, 7) is 0.907. The van der Waals surface area contributed by atoms with Crippen LogP contribution in [0.2, 0.25) is 0 Å². The molecule has 1 aliphatic heterocycles. The molecule has 0 radical (unpaired) electrons. The topological polar surface area (TPSA) is 60.5 Å². The summed E-state index contributed by atoms with van der Waals surface area (Å²) in [5, 5.41) is 2.17. The van der Waals surface area contributed by atoms with Crippen molar-refractivity contribution >= 4 is 11.6 Å². The van der Waals surface area contributed by atoms with Gasteiger partial charge in [-0.1, -0.05) is 18.2 Å². The Morgan fingerprint density at radius 3 is 1.97 bits per heavy atom. The smallest absolute Gasteiger partial charge is 0.261 e. The molecule has 0 spiro atoms. The third-order valence-corrected chi connectivity index (χ3v) is 5.44.